The number of ether oxygens (including phenoxy) is 1. The summed E-state index contributed by atoms with van der Waals surface area (Å²) in [5.41, 5.74) is 3.04. The van der Waals surface area contributed by atoms with Crippen LogP contribution in [-0.2, 0) is 11.2 Å². The Bertz CT molecular complexity index is 835. The fraction of sp³-hybridized carbons (Fsp3) is 0.621. The molecule has 1 aromatic carbocycles. The highest BCUT2D eigenvalue weighted by molar-refractivity contribution is 5.90. The highest BCUT2D eigenvalue weighted by Crippen LogP contribution is 2.26. The summed E-state index contributed by atoms with van der Waals surface area (Å²) >= 11 is 0. The van der Waals surface area contributed by atoms with Gasteiger partial charge in [-0.05, 0) is 55.5 Å². The van der Waals surface area contributed by atoms with Gasteiger partial charge in [0.1, 0.15) is 6.10 Å². The number of hydrogen-bond acceptors (Lipinski definition) is 4. The van der Waals surface area contributed by atoms with Gasteiger partial charge in [0.15, 0.2) is 5.82 Å². The highest BCUT2D eigenvalue weighted by Gasteiger charge is 2.31. The molecule has 1 aliphatic rings. The number of amides is 1. The predicted octanol–water partition coefficient (Wildman–Crippen LogP) is 8.12. The molecule has 0 spiro atoms. The first-order valence-electron chi connectivity index (χ1n) is 13.6. The normalized spacial score (nSPS) is 15.6. The van der Waals surface area contributed by atoms with Crippen LogP contribution in [0.5, 0.6) is 0 Å². The molecule has 186 valence electrons. The molecule has 1 aromatic heterocycles. The van der Waals surface area contributed by atoms with Gasteiger partial charge in [0.2, 0.25) is 0 Å². The molecule has 0 saturated carbocycles. The number of unbranched alkanes of at least 4 members (excludes halogenated alkanes) is 10. The molecule has 2 aromatic rings. The molecule has 0 radical (unpaired) electrons. The number of rotatable bonds is 16. The number of carbonyl (C=O) groups excluding carboxylic acids is 1. The largest absolute Gasteiger partial charge is 0.444 e. The lowest BCUT2D eigenvalue weighted by Crippen LogP contribution is -2.24. The van der Waals surface area contributed by atoms with E-state index in [0.717, 1.165) is 36.3 Å². The molecule has 1 aliphatic heterocycles. The summed E-state index contributed by atoms with van der Waals surface area (Å²) in [7, 11) is 0. The molecular formula is C29H43N3O2. The van der Waals surface area contributed by atoms with Gasteiger partial charge in [-0.1, -0.05) is 78.1 Å². The van der Waals surface area contributed by atoms with Crippen molar-refractivity contribution in [3.05, 3.63) is 42.2 Å². The van der Waals surface area contributed by atoms with E-state index in [0.29, 0.717) is 6.54 Å². The molecule has 1 saturated heterocycles. The molecule has 5 heteroatoms. The number of aryl methyl sites for hydroxylation is 1. The maximum Gasteiger partial charge on any atom is 0.414 e. The Morgan fingerprint density at radius 2 is 1.41 bits per heavy atom. The van der Waals surface area contributed by atoms with Gasteiger partial charge in [-0.2, -0.15) is 0 Å². The summed E-state index contributed by atoms with van der Waals surface area (Å²) in [5, 5.41) is 0. The first-order chi connectivity index (χ1) is 16.7. The fourth-order valence-corrected chi connectivity index (χ4v) is 4.57. The van der Waals surface area contributed by atoms with Gasteiger partial charge in [0, 0.05) is 23.6 Å². The zero-order valence-corrected chi connectivity index (χ0v) is 21.3. The summed E-state index contributed by atoms with van der Waals surface area (Å²) in [5.74, 6) is 0.726. The Balaban J connectivity index is 1.42. The predicted molar refractivity (Wildman–Crippen MR) is 140 cm³/mol. The molecule has 0 aliphatic carbocycles. The van der Waals surface area contributed by atoms with Gasteiger partial charge in [-0.25, -0.2) is 14.8 Å². The van der Waals surface area contributed by atoms with Crippen LogP contribution >= 0.6 is 0 Å². The molecule has 34 heavy (non-hydrogen) atoms. The van der Waals surface area contributed by atoms with Crippen LogP contribution in [0.15, 0.2) is 36.7 Å². The van der Waals surface area contributed by atoms with Crippen LogP contribution in [0.3, 0.4) is 0 Å². The monoisotopic (exact) mass is 465 g/mol. The highest BCUT2D eigenvalue weighted by atomic mass is 16.6. The van der Waals surface area contributed by atoms with Crippen LogP contribution in [0.25, 0.3) is 11.4 Å². The minimum Gasteiger partial charge on any atom is -0.444 e. The third kappa shape index (κ3) is 8.41. The average molecular weight is 466 g/mol. The van der Waals surface area contributed by atoms with Crippen LogP contribution in [0.4, 0.5) is 10.5 Å². The number of cyclic esters (lactones) is 1. The zero-order valence-electron chi connectivity index (χ0n) is 21.3. The van der Waals surface area contributed by atoms with Gasteiger partial charge in [-0.15, -0.1) is 0 Å². The minimum absolute atomic E-state index is 0.000897. The third-order valence-electron chi connectivity index (χ3n) is 6.72. The molecule has 0 bridgehead atoms. The second-order valence-electron chi connectivity index (χ2n) is 9.65. The van der Waals surface area contributed by atoms with Crippen molar-refractivity contribution < 1.29 is 9.53 Å². The molecular weight excluding hydrogens is 422 g/mol. The standard InChI is InChI=1S/C29H43N3O2/c1-3-5-7-9-10-11-12-13-15-24-21-30-28(31-22-24)25-17-19-26(20-18-25)32-23-27(34-29(32)33)16-14-8-6-4-2/h17-22,27H,3-16,23H2,1-2H3/t27-/m1/s1. The molecule has 1 fully saturated rings. The Morgan fingerprint density at radius 1 is 0.824 bits per heavy atom. The van der Waals surface area contributed by atoms with Crippen LogP contribution in [0.1, 0.15) is 103 Å². The summed E-state index contributed by atoms with van der Waals surface area (Å²) in [4.78, 5) is 23.2. The van der Waals surface area contributed by atoms with Crippen molar-refractivity contribution in [2.75, 3.05) is 11.4 Å². The topological polar surface area (TPSA) is 55.3 Å². The van der Waals surface area contributed by atoms with E-state index in [-0.39, 0.29) is 12.2 Å². The van der Waals surface area contributed by atoms with Gasteiger partial charge < -0.3 is 4.74 Å². The number of aromatic nitrogens is 2. The SMILES string of the molecule is CCCCCCCCCCc1cnc(-c2ccc(N3C[C@@H](CCCCCC)OC3=O)cc2)nc1. The molecule has 0 N–H and O–H groups in total. The average Bonchev–Trinajstić information content (AvgIpc) is 3.24. The molecule has 0 unspecified atom stereocenters. The lowest BCUT2D eigenvalue weighted by Gasteiger charge is -2.13. The fourth-order valence-electron chi connectivity index (χ4n) is 4.57. The summed E-state index contributed by atoms with van der Waals surface area (Å²) in [6.07, 6.45) is 21.1. The molecule has 1 atom stereocenters. The van der Waals surface area contributed by atoms with Crippen LogP contribution in [-0.4, -0.2) is 28.7 Å². The summed E-state index contributed by atoms with van der Waals surface area (Å²) in [6.45, 7) is 5.10. The number of benzene rings is 1. The maximum atomic E-state index is 12.3. The van der Waals surface area contributed by atoms with E-state index in [1.165, 1.54) is 76.2 Å². The van der Waals surface area contributed by atoms with Gasteiger partial charge in [0.25, 0.3) is 0 Å². The third-order valence-corrected chi connectivity index (χ3v) is 6.72. The molecule has 2 heterocycles. The summed E-state index contributed by atoms with van der Waals surface area (Å²) in [6, 6.07) is 7.91. The zero-order chi connectivity index (χ0) is 24.0. The first kappa shape index (κ1) is 26.2. The first-order valence-corrected chi connectivity index (χ1v) is 13.6. The van der Waals surface area contributed by atoms with Gasteiger partial charge >= 0.3 is 6.09 Å². The second-order valence-corrected chi connectivity index (χ2v) is 9.65. The molecule has 1 amide bonds. The molecule has 3 rings (SSSR count). The van der Waals surface area contributed by atoms with Gasteiger partial charge in [-0.3, -0.25) is 4.90 Å². The van der Waals surface area contributed by atoms with E-state index in [4.69, 9.17) is 4.74 Å². The Hall–Kier alpha value is -2.43. The number of carbonyl (C=O) groups is 1. The lowest BCUT2D eigenvalue weighted by atomic mass is 10.1. The van der Waals surface area contributed by atoms with Crippen molar-refractivity contribution in [1.29, 1.82) is 0 Å². The van der Waals surface area contributed by atoms with Crippen LogP contribution in [0, 0.1) is 0 Å². The van der Waals surface area contributed by atoms with Crippen LogP contribution in [0.2, 0.25) is 0 Å². The second kappa shape index (κ2) is 14.7. The quantitative estimate of drug-likeness (QED) is 0.235. The number of hydrogen-bond donors (Lipinski definition) is 0. The van der Waals surface area contributed by atoms with E-state index in [1.807, 2.05) is 36.7 Å². The van der Waals surface area contributed by atoms with Crippen molar-refractivity contribution in [3.8, 4) is 11.4 Å². The number of anilines is 1. The van der Waals surface area contributed by atoms with Gasteiger partial charge in [0.05, 0.1) is 6.54 Å². The maximum absolute atomic E-state index is 12.3. The van der Waals surface area contributed by atoms with E-state index >= 15 is 0 Å². The smallest absolute Gasteiger partial charge is 0.414 e. The van der Waals surface area contributed by atoms with Crippen LogP contribution < -0.4 is 4.90 Å². The van der Waals surface area contributed by atoms with Crippen molar-refractivity contribution in [1.82, 2.24) is 9.97 Å². The molecule has 5 nitrogen and oxygen atoms in total. The van der Waals surface area contributed by atoms with E-state index in [2.05, 4.69) is 23.8 Å². The van der Waals surface area contributed by atoms with E-state index in [9.17, 15) is 4.79 Å². The van der Waals surface area contributed by atoms with Crippen molar-refractivity contribution >= 4 is 11.8 Å². The van der Waals surface area contributed by atoms with Crippen molar-refractivity contribution in [3.63, 3.8) is 0 Å². The Kier molecular flexibility index (Phi) is 11.4. The van der Waals surface area contributed by atoms with E-state index in [1.54, 1.807) is 4.90 Å². The Labute approximate surface area is 206 Å². The van der Waals surface area contributed by atoms with Crippen molar-refractivity contribution in [2.24, 2.45) is 0 Å². The summed E-state index contributed by atoms with van der Waals surface area (Å²) < 4.78 is 5.57. The van der Waals surface area contributed by atoms with Crippen molar-refractivity contribution in [2.45, 2.75) is 110 Å². The lowest BCUT2D eigenvalue weighted by molar-refractivity contribution is 0.135. The number of nitrogens with zero attached hydrogens (tertiary/aromatic N) is 3. The Morgan fingerprint density at radius 3 is 2.06 bits per heavy atom. The minimum atomic E-state index is -0.241. The van der Waals surface area contributed by atoms with E-state index < -0.39 is 0 Å².